The summed E-state index contributed by atoms with van der Waals surface area (Å²) in [4.78, 5) is 22.2. The predicted octanol–water partition coefficient (Wildman–Crippen LogP) is 3.87. The first-order valence-electron chi connectivity index (χ1n) is 10.7. The van der Waals surface area contributed by atoms with Gasteiger partial charge in [-0.15, -0.1) is 0 Å². The number of para-hydroxylation sites is 2. The number of piperidine rings is 1. The molecule has 31 heavy (non-hydrogen) atoms. The summed E-state index contributed by atoms with van der Waals surface area (Å²) in [5.41, 5.74) is 4.50. The number of aromatic nitrogens is 5. The van der Waals surface area contributed by atoms with Gasteiger partial charge in [0, 0.05) is 25.6 Å². The summed E-state index contributed by atoms with van der Waals surface area (Å²) in [6.07, 6.45) is 5.21. The van der Waals surface area contributed by atoms with Crippen LogP contribution in [0.2, 0.25) is 0 Å². The van der Waals surface area contributed by atoms with Gasteiger partial charge >= 0.3 is 0 Å². The molecule has 0 saturated carbocycles. The number of benzene rings is 2. The molecule has 7 nitrogen and oxygen atoms in total. The quantitative estimate of drug-likeness (QED) is 0.510. The minimum Gasteiger partial charge on any atom is -0.335 e. The molecule has 3 heterocycles. The van der Waals surface area contributed by atoms with E-state index < -0.39 is 0 Å². The first kappa shape index (κ1) is 19.5. The van der Waals surface area contributed by atoms with E-state index in [0.717, 1.165) is 35.3 Å². The van der Waals surface area contributed by atoms with Gasteiger partial charge in [0.05, 0.1) is 34.7 Å². The van der Waals surface area contributed by atoms with Crippen LogP contribution in [-0.2, 0) is 7.05 Å². The van der Waals surface area contributed by atoms with Crippen molar-refractivity contribution in [2.24, 2.45) is 7.05 Å². The maximum atomic E-state index is 13.7. The average Bonchev–Trinajstić information content (AvgIpc) is 3.42. The molecule has 1 amide bonds. The topological polar surface area (TPSA) is 68.8 Å². The van der Waals surface area contributed by atoms with Crippen molar-refractivity contribution in [1.82, 2.24) is 29.4 Å². The van der Waals surface area contributed by atoms with Crippen molar-refractivity contribution < 1.29 is 4.79 Å². The van der Waals surface area contributed by atoms with Crippen LogP contribution in [0.5, 0.6) is 0 Å². The van der Waals surface area contributed by atoms with E-state index in [1.807, 2.05) is 48.2 Å². The van der Waals surface area contributed by atoms with Gasteiger partial charge < -0.3 is 9.47 Å². The molecule has 4 aromatic rings. The normalized spacial score (nSPS) is 19.1. The molecule has 5 rings (SSSR count). The molecule has 0 unspecified atom stereocenters. The molecule has 7 heteroatoms. The van der Waals surface area contributed by atoms with Crippen LogP contribution >= 0.6 is 0 Å². The molecule has 1 aliphatic rings. The van der Waals surface area contributed by atoms with Gasteiger partial charge in [0.25, 0.3) is 5.91 Å². The zero-order valence-electron chi connectivity index (χ0n) is 18.1. The van der Waals surface area contributed by atoms with Crippen LogP contribution in [0.3, 0.4) is 0 Å². The number of amides is 1. The summed E-state index contributed by atoms with van der Waals surface area (Å²) in [6.45, 7) is 4.78. The van der Waals surface area contributed by atoms with Gasteiger partial charge in [0.2, 0.25) is 0 Å². The predicted molar refractivity (Wildman–Crippen MR) is 119 cm³/mol. The number of carbonyl (C=O) groups is 1. The van der Waals surface area contributed by atoms with Crippen LogP contribution in [-0.4, -0.2) is 47.9 Å². The first-order valence-corrected chi connectivity index (χ1v) is 10.7. The minimum atomic E-state index is 0.0203. The molecular formula is C24H26N6O. The molecule has 0 aliphatic carbocycles. The smallest absolute Gasteiger partial charge is 0.256 e. The Morgan fingerprint density at radius 1 is 1.06 bits per heavy atom. The summed E-state index contributed by atoms with van der Waals surface area (Å²) in [5, 5.41) is 8.49. The van der Waals surface area contributed by atoms with Gasteiger partial charge in [-0.2, -0.15) is 15.0 Å². The number of likely N-dealkylation sites (tertiary alicyclic amines) is 1. The molecule has 0 radical (unpaired) electrons. The zero-order valence-corrected chi connectivity index (χ0v) is 18.1. The summed E-state index contributed by atoms with van der Waals surface area (Å²) in [6, 6.07) is 14.2. The van der Waals surface area contributed by atoms with E-state index in [1.165, 1.54) is 4.80 Å². The lowest BCUT2D eigenvalue weighted by Crippen LogP contribution is -2.45. The number of rotatable bonds is 3. The van der Waals surface area contributed by atoms with Crippen LogP contribution in [0.1, 0.15) is 47.4 Å². The number of hydrogen-bond acceptors (Lipinski definition) is 4. The highest BCUT2D eigenvalue weighted by molar-refractivity contribution is 5.98. The van der Waals surface area contributed by atoms with Crippen molar-refractivity contribution in [3.05, 3.63) is 71.8 Å². The molecule has 1 fully saturated rings. The largest absolute Gasteiger partial charge is 0.335 e. The molecule has 158 valence electrons. The highest BCUT2D eigenvalue weighted by atomic mass is 16.2. The third-order valence-corrected chi connectivity index (χ3v) is 6.35. The maximum Gasteiger partial charge on any atom is 0.256 e. The van der Waals surface area contributed by atoms with Crippen molar-refractivity contribution in [3.63, 3.8) is 0 Å². The number of imidazole rings is 1. The van der Waals surface area contributed by atoms with Crippen LogP contribution in [0, 0.1) is 6.92 Å². The van der Waals surface area contributed by atoms with Gasteiger partial charge in [0.15, 0.2) is 0 Å². The fourth-order valence-electron chi connectivity index (χ4n) is 4.62. The standard InChI is InChI=1S/C24H26N6O/c1-16-8-11-21(30-25-12-13-26-30)19(14-16)24(31)29-15-18(10-9-17(29)2)23-27-20-6-4-5-7-22(20)28(23)3/h4-8,11-14,17-18H,9-10,15H2,1-3H3/t17-,18+/m1/s1. The second-order valence-corrected chi connectivity index (χ2v) is 8.44. The van der Waals surface area contributed by atoms with E-state index in [2.05, 4.69) is 34.8 Å². The van der Waals surface area contributed by atoms with Crippen LogP contribution < -0.4 is 0 Å². The van der Waals surface area contributed by atoms with Crippen LogP contribution in [0.15, 0.2) is 54.9 Å². The second kappa shape index (κ2) is 7.65. The van der Waals surface area contributed by atoms with E-state index in [1.54, 1.807) is 12.4 Å². The number of aryl methyl sites for hydroxylation is 2. The molecule has 2 aromatic carbocycles. The second-order valence-electron chi connectivity index (χ2n) is 8.44. The first-order chi connectivity index (χ1) is 15.0. The van der Waals surface area contributed by atoms with Crippen molar-refractivity contribution in [2.75, 3.05) is 6.54 Å². The Bertz CT molecular complexity index is 1240. The number of fused-ring (bicyclic) bond motifs is 1. The van der Waals surface area contributed by atoms with Crippen molar-refractivity contribution in [3.8, 4) is 5.69 Å². The van der Waals surface area contributed by atoms with Crippen LogP contribution in [0.4, 0.5) is 0 Å². The van der Waals surface area contributed by atoms with E-state index >= 15 is 0 Å². The van der Waals surface area contributed by atoms with Crippen molar-refractivity contribution in [2.45, 2.75) is 38.6 Å². The molecule has 0 spiro atoms. The summed E-state index contributed by atoms with van der Waals surface area (Å²) >= 11 is 0. The van der Waals surface area contributed by atoms with E-state index in [9.17, 15) is 4.79 Å². The minimum absolute atomic E-state index is 0.0203. The summed E-state index contributed by atoms with van der Waals surface area (Å²) < 4.78 is 2.17. The Kier molecular flexibility index (Phi) is 4.81. The Hall–Kier alpha value is -3.48. The Morgan fingerprint density at radius 2 is 1.84 bits per heavy atom. The molecule has 0 N–H and O–H groups in total. The summed E-state index contributed by atoms with van der Waals surface area (Å²) in [7, 11) is 2.07. The fourth-order valence-corrected chi connectivity index (χ4v) is 4.62. The molecule has 2 aromatic heterocycles. The lowest BCUT2D eigenvalue weighted by molar-refractivity contribution is 0.0604. The molecule has 2 atom stereocenters. The maximum absolute atomic E-state index is 13.7. The lowest BCUT2D eigenvalue weighted by atomic mass is 9.91. The Balaban J connectivity index is 1.49. The SMILES string of the molecule is Cc1ccc(-n2nccn2)c(C(=O)N2C[C@@H](c3nc4ccccc4n3C)CC[C@H]2C)c1. The zero-order chi connectivity index (χ0) is 21.5. The van der Waals surface area contributed by atoms with Gasteiger partial charge in [0.1, 0.15) is 5.82 Å². The van der Waals surface area contributed by atoms with Crippen LogP contribution in [0.25, 0.3) is 16.7 Å². The van der Waals surface area contributed by atoms with Gasteiger partial charge in [-0.1, -0.05) is 23.8 Å². The van der Waals surface area contributed by atoms with Crippen molar-refractivity contribution in [1.29, 1.82) is 0 Å². The molecular weight excluding hydrogens is 388 g/mol. The van der Waals surface area contributed by atoms with Gasteiger partial charge in [-0.3, -0.25) is 4.79 Å². The average molecular weight is 415 g/mol. The van der Waals surface area contributed by atoms with Gasteiger partial charge in [-0.05, 0) is 51.0 Å². The molecule has 1 aliphatic heterocycles. The summed E-state index contributed by atoms with van der Waals surface area (Å²) in [5.74, 6) is 1.27. The Morgan fingerprint density at radius 3 is 2.61 bits per heavy atom. The monoisotopic (exact) mass is 414 g/mol. The van der Waals surface area contributed by atoms with E-state index in [0.29, 0.717) is 17.8 Å². The van der Waals surface area contributed by atoms with Crippen molar-refractivity contribution >= 4 is 16.9 Å². The molecule has 1 saturated heterocycles. The Labute approximate surface area is 181 Å². The molecule has 0 bridgehead atoms. The highest BCUT2D eigenvalue weighted by Gasteiger charge is 2.33. The number of nitrogens with zero attached hydrogens (tertiary/aromatic N) is 6. The fraction of sp³-hybridized carbons (Fsp3) is 0.333. The number of hydrogen-bond donors (Lipinski definition) is 0. The lowest BCUT2D eigenvalue weighted by Gasteiger charge is -2.38. The van der Waals surface area contributed by atoms with E-state index in [4.69, 9.17) is 4.98 Å². The van der Waals surface area contributed by atoms with E-state index in [-0.39, 0.29) is 17.9 Å². The van der Waals surface area contributed by atoms with Gasteiger partial charge in [-0.25, -0.2) is 4.98 Å². The number of carbonyl (C=O) groups excluding carboxylic acids is 1. The third-order valence-electron chi connectivity index (χ3n) is 6.35. The highest BCUT2D eigenvalue weighted by Crippen LogP contribution is 2.32. The third kappa shape index (κ3) is 3.40.